The topological polar surface area (TPSA) is 73.7 Å². The Balaban J connectivity index is 1.83. The van der Waals surface area contributed by atoms with E-state index in [0.29, 0.717) is 29.1 Å². The van der Waals surface area contributed by atoms with Crippen molar-refractivity contribution >= 4 is 40.8 Å². The summed E-state index contributed by atoms with van der Waals surface area (Å²) in [4.78, 5) is 16.7. The molecule has 5 nitrogen and oxygen atoms in total. The first kappa shape index (κ1) is 20.6. The third-order valence-corrected chi connectivity index (χ3v) is 4.90. The summed E-state index contributed by atoms with van der Waals surface area (Å²) in [5.74, 6) is -0.805. The Kier molecular flexibility index (Phi) is 6.88. The fourth-order valence-corrected chi connectivity index (χ4v) is 3.47. The van der Waals surface area contributed by atoms with Crippen molar-refractivity contribution in [3.8, 4) is 0 Å². The van der Waals surface area contributed by atoms with Gasteiger partial charge in [-0.1, -0.05) is 29.3 Å². The van der Waals surface area contributed by atoms with Crippen molar-refractivity contribution in [1.29, 1.82) is 0 Å². The molecule has 0 heterocycles. The predicted molar refractivity (Wildman–Crippen MR) is 110 cm³/mol. The molecule has 0 atom stereocenters. The molecular weight excluding hydrogens is 404 g/mol. The second-order valence-electron chi connectivity index (χ2n) is 6.71. The number of anilines is 1. The first-order valence-electron chi connectivity index (χ1n) is 8.95. The standard InChI is InChI=1S/C20H20Cl2FN3O2/c21-13-3-1-2-12(8-13)19(28)26-20(24-16-4-6-18(27)7-5-16)25-17-10-14(22)9-15(23)11-17/h1-3,8-11,16,18,27H,4-7H2,(H2,24,25,26,28)/t16-,18-. The van der Waals surface area contributed by atoms with Crippen LogP contribution in [-0.2, 0) is 0 Å². The molecule has 0 radical (unpaired) electrons. The highest BCUT2D eigenvalue weighted by Crippen LogP contribution is 2.20. The number of aliphatic imine (C=N–C) groups is 1. The zero-order valence-electron chi connectivity index (χ0n) is 15.0. The normalized spacial score (nSPS) is 19.9. The lowest BCUT2D eigenvalue weighted by Gasteiger charge is -2.27. The van der Waals surface area contributed by atoms with Crippen LogP contribution in [0.4, 0.5) is 10.1 Å². The molecule has 1 aliphatic rings. The van der Waals surface area contributed by atoms with Crippen LogP contribution in [0, 0.1) is 5.82 Å². The summed E-state index contributed by atoms with van der Waals surface area (Å²) in [5, 5.41) is 16.5. The van der Waals surface area contributed by atoms with Gasteiger partial charge in [-0.3, -0.25) is 4.79 Å². The molecule has 1 saturated carbocycles. The van der Waals surface area contributed by atoms with E-state index in [1.165, 1.54) is 24.3 Å². The quantitative estimate of drug-likeness (QED) is 0.496. The van der Waals surface area contributed by atoms with E-state index in [1.54, 1.807) is 18.2 Å². The zero-order chi connectivity index (χ0) is 20.1. The van der Waals surface area contributed by atoms with Crippen LogP contribution in [0.25, 0.3) is 0 Å². The van der Waals surface area contributed by atoms with Crippen LogP contribution >= 0.6 is 23.2 Å². The maximum Gasteiger partial charge on any atom is 0.280 e. The number of hydrogen-bond acceptors (Lipinski definition) is 2. The number of amides is 1. The number of rotatable bonds is 3. The summed E-state index contributed by atoms with van der Waals surface area (Å²) >= 11 is 11.9. The van der Waals surface area contributed by atoms with Crippen LogP contribution in [0.1, 0.15) is 36.0 Å². The number of benzene rings is 2. The van der Waals surface area contributed by atoms with Crippen molar-refractivity contribution < 1.29 is 14.3 Å². The second kappa shape index (κ2) is 9.37. The number of aliphatic hydroxyl groups excluding tert-OH is 1. The molecule has 2 aromatic rings. The molecule has 8 heteroatoms. The number of guanidine groups is 1. The molecule has 28 heavy (non-hydrogen) atoms. The van der Waals surface area contributed by atoms with E-state index < -0.39 is 11.7 Å². The van der Waals surface area contributed by atoms with Gasteiger partial charge in [-0.15, -0.1) is 0 Å². The summed E-state index contributed by atoms with van der Waals surface area (Å²) in [6, 6.07) is 10.5. The van der Waals surface area contributed by atoms with E-state index in [0.717, 1.165) is 12.8 Å². The molecule has 0 saturated heterocycles. The third-order valence-electron chi connectivity index (χ3n) is 4.45. The number of halogens is 3. The van der Waals surface area contributed by atoms with E-state index in [9.17, 15) is 14.3 Å². The van der Waals surface area contributed by atoms with Gasteiger partial charge in [0, 0.05) is 27.3 Å². The minimum absolute atomic E-state index is 0.0332. The van der Waals surface area contributed by atoms with E-state index in [2.05, 4.69) is 15.6 Å². The molecule has 0 aliphatic heterocycles. The fourth-order valence-electron chi connectivity index (χ4n) is 3.06. The summed E-state index contributed by atoms with van der Waals surface area (Å²) < 4.78 is 13.7. The van der Waals surface area contributed by atoms with E-state index in [4.69, 9.17) is 23.2 Å². The third kappa shape index (κ3) is 5.92. The van der Waals surface area contributed by atoms with Crippen molar-refractivity contribution in [2.45, 2.75) is 37.8 Å². The van der Waals surface area contributed by atoms with Gasteiger partial charge in [0.05, 0.1) is 6.10 Å². The smallest absolute Gasteiger partial charge is 0.280 e. The summed E-state index contributed by atoms with van der Waals surface area (Å²) in [7, 11) is 0. The Labute approximate surface area is 172 Å². The molecule has 0 unspecified atom stereocenters. The lowest BCUT2D eigenvalue weighted by molar-refractivity contribution is 0.100. The highest BCUT2D eigenvalue weighted by atomic mass is 35.5. The van der Waals surface area contributed by atoms with Crippen molar-refractivity contribution in [3.05, 3.63) is 63.9 Å². The summed E-state index contributed by atoms with van der Waals surface area (Å²) in [5.41, 5.74) is 0.705. The Morgan fingerprint density at radius 2 is 1.82 bits per heavy atom. The van der Waals surface area contributed by atoms with Crippen molar-refractivity contribution in [2.75, 3.05) is 5.32 Å². The maximum absolute atomic E-state index is 13.7. The number of nitrogens with one attached hydrogen (secondary N) is 2. The van der Waals surface area contributed by atoms with Gasteiger partial charge in [0.2, 0.25) is 5.96 Å². The van der Waals surface area contributed by atoms with Gasteiger partial charge < -0.3 is 15.7 Å². The molecule has 0 aromatic heterocycles. The lowest BCUT2D eigenvalue weighted by atomic mass is 9.93. The molecule has 1 amide bonds. The van der Waals surface area contributed by atoms with E-state index >= 15 is 0 Å². The van der Waals surface area contributed by atoms with Crippen LogP contribution in [0.15, 0.2) is 47.5 Å². The molecule has 1 aliphatic carbocycles. The Bertz CT molecular complexity index is 863. The minimum Gasteiger partial charge on any atom is -0.393 e. The number of carbonyl (C=O) groups excluding carboxylic acids is 1. The Morgan fingerprint density at radius 3 is 2.50 bits per heavy atom. The van der Waals surface area contributed by atoms with Gasteiger partial charge in [-0.2, -0.15) is 4.99 Å². The van der Waals surface area contributed by atoms with Gasteiger partial charge >= 0.3 is 0 Å². The second-order valence-corrected chi connectivity index (χ2v) is 7.58. The van der Waals surface area contributed by atoms with Gasteiger partial charge in [-0.05, 0) is 62.1 Å². The van der Waals surface area contributed by atoms with E-state index in [1.807, 2.05) is 0 Å². The zero-order valence-corrected chi connectivity index (χ0v) is 16.5. The van der Waals surface area contributed by atoms with Crippen molar-refractivity contribution in [1.82, 2.24) is 5.32 Å². The van der Waals surface area contributed by atoms with Gasteiger partial charge in [-0.25, -0.2) is 4.39 Å². The molecule has 148 valence electrons. The molecule has 0 bridgehead atoms. The first-order valence-corrected chi connectivity index (χ1v) is 9.71. The highest BCUT2D eigenvalue weighted by Gasteiger charge is 2.21. The Morgan fingerprint density at radius 1 is 1.07 bits per heavy atom. The molecule has 2 aromatic carbocycles. The van der Waals surface area contributed by atoms with Crippen LogP contribution in [0.3, 0.4) is 0 Å². The maximum atomic E-state index is 13.7. The molecular formula is C20H20Cl2FN3O2. The van der Waals surface area contributed by atoms with Crippen LogP contribution in [-0.4, -0.2) is 29.1 Å². The lowest BCUT2D eigenvalue weighted by Crippen LogP contribution is -2.42. The van der Waals surface area contributed by atoms with Gasteiger partial charge in [0.1, 0.15) is 5.82 Å². The number of aliphatic hydroxyl groups is 1. The number of carbonyl (C=O) groups is 1. The van der Waals surface area contributed by atoms with Crippen LogP contribution in [0.2, 0.25) is 10.0 Å². The summed E-state index contributed by atoms with van der Waals surface area (Å²) in [6.45, 7) is 0. The Hall–Kier alpha value is -2.15. The van der Waals surface area contributed by atoms with Gasteiger partial charge in [0.15, 0.2) is 0 Å². The average Bonchev–Trinajstić information content (AvgIpc) is 2.62. The van der Waals surface area contributed by atoms with Crippen molar-refractivity contribution in [2.24, 2.45) is 4.99 Å². The van der Waals surface area contributed by atoms with Crippen LogP contribution < -0.4 is 10.6 Å². The number of nitrogens with zero attached hydrogens (tertiary/aromatic N) is 1. The molecule has 0 spiro atoms. The molecule has 3 rings (SSSR count). The fraction of sp³-hybridized carbons (Fsp3) is 0.300. The molecule has 3 N–H and O–H groups in total. The predicted octanol–water partition coefficient (Wildman–Crippen LogP) is 4.63. The minimum atomic E-state index is -0.503. The molecule has 1 fully saturated rings. The largest absolute Gasteiger partial charge is 0.393 e. The first-order chi connectivity index (χ1) is 13.4. The SMILES string of the molecule is O=C(/N=C(/Nc1cc(F)cc(Cl)c1)N[C@H]1CC[C@H](O)CC1)c1cccc(Cl)c1. The summed E-state index contributed by atoms with van der Waals surface area (Å²) in [6.07, 6.45) is 2.49. The monoisotopic (exact) mass is 423 g/mol. The van der Waals surface area contributed by atoms with Crippen molar-refractivity contribution in [3.63, 3.8) is 0 Å². The van der Waals surface area contributed by atoms with Gasteiger partial charge in [0.25, 0.3) is 5.91 Å². The van der Waals surface area contributed by atoms with E-state index in [-0.39, 0.29) is 23.1 Å². The average molecular weight is 424 g/mol. The number of hydrogen-bond donors (Lipinski definition) is 3. The van der Waals surface area contributed by atoms with Crippen LogP contribution in [0.5, 0.6) is 0 Å². The highest BCUT2D eigenvalue weighted by molar-refractivity contribution is 6.31.